The predicted octanol–water partition coefficient (Wildman–Crippen LogP) is 3.76. The van der Waals surface area contributed by atoms with Gasteiger partial charge in [-0.15, -0.1) is 0 Å². The maximum atomic E-state index is 13.2. The molecule has 2 rings (SSSR count). The molecule has 0 unspecified atom stereocenters. The maximum Gasteiger partial charge on any atom is 0.434 e. The van der Waals surface area contributed by atoms with Crippen molar-refractivity contribution in [2.45, 2.75) is 33.4 Å². The standard InChI is InChI=1S/C18H20F3N3O3/c1-17(2,3)8-9-22-15(25)11-4-6-12(7-5-11)24-14(18(19,20)21)13(10-23-24)16(26)27/h4-7,10H,8-9H2,1-3H3,(H,22,25)(H,26,27). The number of aromatic nitrogens is 2. The van der Waals surface area contributed by atoms with E-state index < -0.39 is 23.4 Å². The van der Waals surface area contributed by atoms with E-state index in [9.17, 15) is 22.8 Å². The largest absolute Gasteiger partial charge is 0.478 e. The zero-order chi connectivity index (χ0) is 20.4. The van der Waals surface area contributed by atoms with E-state index in [0.29, 0.717) is 17.4 Å². The van der Waals surface area contributed by atoms with Crippen LogP contribution < -0.4 is 5.32 Å². The number of amides is 1. The Labute approximate surface area is 154 Å². The van der Waals surface area contributed by atoms with Gasteiger partial charge in [-0.25, -0.2) is 9.48 Å². The van der Waals surface area contributed by atoms with Gasteiger partial charge in [-0.2, -0.15) is 18.3 Å². The number of carboxylic acid groups (broad SMARTS) is 1. The van der Waals surface area contributed by atoms with Crippen LogP contribution in [0.2, 0.25) is 0 Å². The smallest absolute Gasteiger partial charge is 0.434 e. The number of hydrogen-bond acceptors (Lipinski definition) is 3. The second kappa shape index (κ2) is 7.42. The Morgan fingerprint density at radius 2 is 1.74 bits per heavy atom. The molecule has 1 aromatic carbocycles. The Bertz CT molecular complexity index is 834. The van der Waals surface area contributed by atoms with E-state index in [4.69, 9.17) is 5.11 Å². The fourth-order valence-electron chi connectivity index (χ4n) is 2.38. The van der Waals surface area contributed by atoms with Crippen LogP contribution in [0.4, 0.5) is 13.2 Å². The van der Waals surface area contributed by atoms with Gasteiger partial charge in [0.05, 0.1) is 11.9 Å². The summed E-state index contributed by atoms with van der Waals surface area (Å²) in [7, 11) is 0. The Balaban J connectivity index is 2.23. The van der Waals surface area contributed by atoms with Gasteiger partial charge in [0.15, 0.2) is 5.69 Å². The molecule has 0 spiro atoms. The number of carboxylic acids is 1. The van der Waals surface area contributed by atoms with Gasteiger partial charge in [0.1, 0.15) is 5.56 Å². The van der Waals surface area contributed by atoms with Crippen molar-refractivity contribution < 1.29 is 27.9 Å². The third-order valence-electron chi connectivity index (χ3n) is 3.80. The van der Waals surface area contributed by atoms with E-state index in [-0.39, 0.29) is 22.6 Å². The van der Waals surface area contributed by atoms with Gasteiger partial charge in [-0.05, 0) is 36.1 Å². The number of hydrogen-bond donors (Lipinski definition) is 2. The number of carbonyl (C=O) groups is 2. The van der Waals surface area contributed by atoms with Crippen LogP contribution in [0, 0.1) is 5.41 Å². The van der Waals surface area contributed by atoms with Gasteiger partial charge in [0.2, 0.25) is 0 Å². The van der Waals surface area contributed by atoms with Crippen molar-refractivity contribution in [2.75, 3.05) is 6.54 Å². The summed E-state index contributed by atoms with van der Waals surface area (Å²) in [4.78, 5) is 23.1. The van der Waals surface area contributed by atoms with Gasteiger partial charge in [0.25, 0.3) is 5.91 Å². The average molecular weight is 383 g/mol. The zero-order valence-electron chi connectivity index (χ0n) is 15.1. The Morgan fingerprint density at radius 3 is 2.22 bits per heavy atom. The van der Waals surface area contributed by atoms with Crippen LogP contribution in [0.1, 0.15) is 53.6 Å². The van der Waals surface area contributed by atoms with E-state index >= 15 is 0 Å². The van der Waals surface area contributed by atoms with Crippen LogP contribution in [-0.2, 0) is 6.18 Å². The van der Waals surface area contributed by atoms with Crippen molar-refractivity contribution in [1.29, 1.82) is 0 Å². The number of aromatic carboxylic acids is 1. The SMILES string of the molecule is CC(C)(C)CCNC(=O)c1ccc(-n2ncc(C(=O)O)c2C(F)(F)F)cc1. The Morgan fingerprint density at radius 1 is 1.15 bits per heavy atom. The van der Waals surface area contributed by atoms with Crippen molar-refractivity contribution in [3.8, 4) is 5.69 Å². The molecule has 2 aromatic rings. The third-order valence-corrected chi connectivity index (χ3v) is 3.80. The quantitative estimate of drug-likeness (QED) is 0.824. The first-order valence-electron chi connectivity index (χ1n) is 8.17. The molecule has 0 aliphatic rings. The molecule has 1 aromatic heterocycles. The molecule has 0 atom stereocenters. The van der Waals surface area contributed by atoms with E-state index in [2.05, 4.69) is 10.4 Å². The zero-order valence-corrected chi connectivity index (χ0v) is 15.1. The number of alkyl halides is 3. The third kappa shape index (κ3) is 5.08. The molecule has 0 saturated heterocycles. The molecular weight excluding hydrogens is 363 g/mol. The minimum Gasteiger partial charge on any atom is -0.478 e. The second-order valence-electron chi connectivity index (χ2n) is 7.24. The minimum absolute atomic E-state index is 0.000988. The summed E-state index contributed by atoms with van der Waals surface area (Å²) in [5, 5.41) is 15.2. The lowest BCUT2D eigenvalue weighted by Crippen LogP contribution is -2.27. The molecule has 0 bridgehead atoms. The van der Waals surface area contributed by atoms with E-state index in [1.54, 1.807) is 0 Å². The Kier molecular flexibility index (Phi) is 5.62. The summed E-state index contributed by atoms with van der Waals surface area (Å²) < 4.78 is 40.2. The highest BCUT2D eigenvalue weighted by Gasteiger charge is 2.40. The highest BCUT2D eigenvalue weighted by atomic mass is 19.4. The van der Waals surface area contributed by atoms with Crippen molar-refractivity contribution in [2.24, 2.45) is 5.41 Å². The van der Waals surface area contributed by atoms with Crippen molar-refractivity contribution in [1.82, 2.24) is 15.1 Å². The van der Waals surface area contributed by atoms with Crippen molar-refractivity contribution >= 4 is 11.9 Å². The van der Waals surface area contributed by atoms with Crippen LogP contribution in [0.5, 0.6) is 0 Å². The van der Waals surface area contributed by atoms with E-state index in [1.807, 2.05) is 20.8 Å². The van der Waals surface area contributed by atoms with Crippen LogP contribution in [0.15, 0.2) is 30.5 Å². The molecule has 0 saturated carbocycles. The van der Waals surface area contributed by atoms with Gasteiger partial charge < -0.3 is 10.4 Å². The monoisotopic (exact) mass is 383 g/mol. The van der Waals surface area contributed by atoms with Gasteiger partial charge in [-0.1, -0.05) is 20.8 Å². The molecular formula is C18H20F3N3O3. The average Bonchev–Trinajstić information content (AvgIpc) is 2.99. The minimum atomic E-state index is -4.90. The van der Waals surface area contributed by atoms with Gasteiger partial charge in [0, 0.05) is 12.1 Å². The molecule has 6 nitrogen and oxygen atoms in total. The van der Waals surface area contributed by atoms with Crippen LogP contribution in [0.25, 0.3) is 5.69 Å². The first-order valence-corrected chi connectivity index (χ1v) is 8.17. The summed E-state index contributed by atoms with van der Waals surface area (Å²) in [5.41, 5.74) is -1.97. The second-order valence-corrected chi connectivity index (χ2v) is 7.24. The lowest BCUT2D eigenvalue weighted by Gasteiger charge is -2.18. The van der Waals surface area contributed by atoms with Gasteiger partial charge >= 0.3 is 12.1 Å². The summed E-state index contributed by atoms with van der Waals surface area (Å²) >= 11 is 0. The van der Waals surface area contributed by atoms with E-state index in [1.165, 1.54) is 24.3 Å². The van der Waals surface area contributed by atoms with Crippen LogP contribution in [0.3, 0.4) is 0 Å². The Hall–Kier alpha value is -2.84. The first-order chi connectivity index (χ1) is 12.4. The van der Waals surface area contributed by atoms with Crippen LogP contribution in [-0.4, -0.2) is 33.3 Å². The molecule has 0 aliphatic carbocycles. The molecule has 9 heteroatoms. The molecule has 0 radical (unpaired) electrons. The number of carbonyl (C=O) groups excluding carboxylic acids is 1. The fraction of sp³-hybridized carbons (Fsp3) is 0.389. The lowest BCUT2D eigenvalue weighted by molar-refractivity contribution is -0.143. The lowest BCUT2D eigenvalue weighted by atomic mass is 9.92. The summed E-state index contributed by atoms with van der Waals surface area (Å²) in [5.74, 6) is -2.06. The highest BCUT2D eigenvalue weighted by Crippen LogP contribution is 2.33. The molecule has 0 fully saturated rings. The molecule has 1 heterocycles. The number of benzene rings is 1. The molecule has 27 heavy (non-hydrogen) atoms. The van der Waals surface area contributed by atoms with E-state index in [0.717, 1.165) is 6.42 Å². The predicted molar refractivity (Wildman–Crippen MR) is 91.9 cm³/mol. The number of halogens is 3. The maximum absolute atomic E-state index is 13.2. The number of rotatable bonds is 5. The molecule has 0 aliphatic heterocycles. The summed E-state index contributed by atoms with van der Waals surface area (Å²) in [6.45, 7) is 6.61. The first kappa shape index (κ1) is 20.5. The normalized spacial score (nSPS) is 12.1. The highest BCUT2D eigenvalue weighted by molar-refractivity contribution is 5.94. The summed E-state index contributed by atoms with van der Waals surface area (Å²) in [6.07, 6.45) is -3.47. The number of nitrogens with one attached hydrogen (secondary N) is 1. The molecule has 2 N–H and O–H groups in total. The fourth-order valence-corrected chi connectivity index (χ4v) is 2.38. The molecule has 1 amide bonds. The van der Waals surface area contributed by atoms with Gasteiger partial charge in [-0.3, -0.25) is 4.79 Å². The van der Waals surface area contributed by atoms with Crippen molar-refractivity contribution in [3.05, 3.63) is 47.3 Å². The van der Waals surface area contributed by atoms with Crippen molar-refractivity contribution in [3.63, 3.8) is 0 Å². The number of nitrogens with zero attached hydrogens (tertiary/aromatic N) is 2. The molecule has 146 valence electrons. The summed E-state index contributed by atoms with van der Waals surface area (Å²) in [6, 6.07) is 5.30. The topological polar surface area (TPSA) is 84.2 Å². The van der Waals surface area contributed by atoms with Crippen LogP contribution >= 0.6 is 0 Å².